The van der Waals surface area contributed by atoms with Gasteiger partial charge >= 0.3 is 0 Å². The van der Waals surface area contributed by atoms with E-state index in [1.54, 1.807) is 30.5 Å². The van der Waals surface area contributed by atoms with Crippen molar-refractivity contribution >= 4 is 28.1 Å². The Kier molecular flexibility index (Phi) is 4.70. The Hall–Kier alpha value is -1.92. The smallest absolute Gasteiger partial charge is 0.257 e. The summed E-state index contributed by atoms with van der Waals surface area (Å²) in [6.45, 7) is 0. The Morgan fingerprint density at radius 1 is 1.23 bits per heavy atom. The van der Waals surface area contributed by atoms with Crippen LogP contribution in [-0.2, 0) is 0 Å². The number of aromatic nitrogens is 1. The van der Waals surface area contributed by atoms with E-state index in [2.05, 4.69) is 10.3 Å². The average Bonchev–Trinajstić information content (AvgIpc) is 3.08. The van der Waals surface area contributed by atoms with Crippen LogP contribution in [0.15, 0.2) is 35.8 Å². The number of hydrogen-bond donors (Lipinski definition) is 2. The number of amides is 1. The number of benzene rings is 1. The third-order valence-electron chi connectivity index (χ3n) is 3.97. The van der Waals surface area contributed by atoms with Crippen LogP contribution < -0.4 is 10.4 Å². The lowest BCUT2D eigenvalue weighted by Gasteiger charge is -2.30. The van der Waals surface area contributed by atoms with Crippen LogP contribution in [0.3, 0.4) is 0 Å². The number of nitrogens with one attached hydrogen (secondary N) is 1. The van der Waals surface area contributed by atoms with Gasteiger partial charge in [-0.15, -0.1) is 11.3 Å². The number of hydroxylamine groups is 1. The van der Waals surface area contributed by atoms with E-state index in [9.17, 15) is 10.0 Å². The molecular weight excluding hydrogens is 298 g/mol. The minimum Gasteiger partial charge on any atom is -0.298 e. The fraction of sp³-hybridized carbons (Fsp3) is 0.375. The van der Waals surface area contributed by atoms with Gasteiger partial charge in [-0.2, -0.15) is 0 Å². The summed E-state index contributed by atoms with van der Waals surface area (Å²) in [5.41, 5.74) is 1.29. The molecule has 1 aliphatic carbocycles. The highest BCUT2D eigenvalue weighted by atomic mass is 32.1. The van der Waals surface area contributed by atoms with Crippen molar-refractivity contribution in [2.75, 3.05) is 10.4 Å². The first kappa shape index (κ1) is 15.0. The van der Waals surface area contributed by atoms with Crippen LogP contribution in [0.5, 0.6) is 0 Å². The molecule has 2 aromatic rings. The number of carbonyl (C=O) groups excluding carboxylic acids is 1. The molecule has 1 amide bonds. The largest absolute Gasteiger partial charge is 0.298 e. The van der Waals surface area contributed by atoms with Crippen molar-refractivity contribution in [2.24, 2.45) is 0 Å². The number of thiazole rings is 1. The van der Waals surface area contributed by atoms with Crippen LogP contribution in [0.4, 0.5) is 10.8 Å². The van der Waals surface area contributed by atoms with E-state index >= 15 is 0 Å². The van der Waals surface area contributed by atoms with Gasteiger partial charge in [0.15, 0.2) is 5.13 Å². The van der Waals surface area contributed by atoms with Gasteiger partial charge in [0.05, 0.1) is 11.7 Å². The van der Waals surface area contributed by atoms with Crippen LogP contribution in [0.2, 0.25) is 0 Å². The van der Waals surface area contributed by atoms with Crippen molar-refractivity contribution in [3.63, 3.8) is 0 Å². The van der Waals surface area contributed by atoms with Gasteiger partial charge < -0.3 is 0 Å². The molecule has 0 aliphatic heterocycles. The van der Waals surface area contributed by atoms with Gasteiger partial charge in [-0.3, -0.25) is 20.4 Å². The van der Waals surface area contributed by atoms with Gasteiger partial charge in [0, 0.05) is 17.1 Å². The first-order valence-electron chi connectivity index (χ1n) is 7.53. The van der Waals surface area contributed by atoms with Gasteiger partial charge in [0.25, 0.3) is 5.91 Å². The summed E-state index contributed by atoms with van der Waals surface area (Å²) < 4.78 is 0. The lowest BCUT2D eigenvalue weighted by Crippen LogP contribution is -2.33. The molecule has 0 unspecified atom stereocenters. The Balaban J connectivity index is 1.65. The Morgan fingerprint density at radius 3 is 2.59 bits per heavy atom. The topological polar surface area (TPSA) is 65.5 Å². The predicted octanol–water partition coefficient (Wildman–Crippen LogP) is 3.92. The molecular formula is C16H19N3O2S. The van der Waals surface area contributed by atoms with E-state index in [0.29, 0.717) is 10.7 Å². The molecule has 3 rings (SSSR count). The molecule has 0 radical (unpaired) electrons. The standard InChI is InChI=1S/C16H19N3O2S/c20-15(18-16-17-10-11-22-16)12-6-8-14(9-7-12)19(21)13-4-2-1-3-5-13/h6-11,13,21H,1-5H2,(H,17,18,20). The molecule has 116 valence electrons. The summed E-state index contributed by atoms with van der Waals surface area (Å²) in [5, 5.41) is 16.8. The molecule has 1 saturated carbocycles. The molecule has 1 aromatic carbocycles. The van der Waals surface area contributed by atoms with Gasteiger partial charge in [-0.05, 0) is 37.1 Å². The first-order valence-corrected chi connectivity index (χ1v) is 8.41. The highest BCUT2D eigenvalue weighted by Crippen LogP contribution is 2.26. The van der Waals surface area contributed by atoms with Crippen molar-refractivity contribution in [1.29, 1.82) is 0 Å². The van der Waals surface area contributed by atoms with Gasteiger partial charge in [-0.1, -0.05) is 19.3 Å². The number of hydrogen-bond acceptors (Lipinski definition) is 5. The Bertz CT molecular complexity index is 607. The number of rotatable bonds is 4. The van der Waals surface area contributed by atoms with E-state index in [4.69, 9.17) is 0 Å². The van der Waals surface area contributed by atoms with E-state index in [1.807, 2.05) is 5.38 Å². The number of nitrogens with zero attached hydrogens (tertiary/aromatic N) is 2. The first-order chi connectivity index (χ1) is 10.7. The van der Waals surface area contributed by atoms with Gasteiger partial charge in [0.2, 0.25) is 0 Å². The SMILES string of the molecule is O=C(Nc1nccs1)c1ccc(N(O)C2CCCCC2)cc1. The zero-order chi connectivity index (χ0) is 15.4. The summed E-state index contributed by atoms with van der Waals surface area (Å²) in [6.07, 6.45) is 7.26. The summed E-state index contributed by atoms with van der Waals surface area (Å²) >= 11 is 1.38. The molecule has 0 saturated heterocycles. The molecule has 0 atom stereocenters. The molecule has 22 heavy (non-hydrogen) atoms. The van der Waals surface area contributed by atoms with E-state index in [0.717, 1.165) is 31.4 Å². The molecule has 0 bridgehead atoms. The second-order valence-electron chi connectivity index (χ2n) is 5.47. The lowest BCUT2D eigenvalue weighted by atomic mass is 9.95. The highest BCUT2D eigenvalue weighted by molar-refractivity contribution is 7.13. The van der Waals surface area contributed by atoms with Crippen LogP contribution in [-0.4, -0.2) is 22.1 Å². The minimum absolute atomic E-state index is 0.184. The fourth-order valence-corrected chi connectivity index (χ4v) is 3.28. The molecule has 1 aliphatic rings. The van der Waals surface area contributed by atoms with Crippen LogP contribution >= 0.6 is 11.3 Å². The molecule has 5 nitrogen and oxygen atoms in total. The van der Waals surface area contributed by atoms with E-state index < -0.39 is 0 Å². The second kappa shape index (κ2) is 6.89. The third-order valence-corrected chi connectivity index (χ3v) is 4.66. The summed E-state index contributed by atoms with van der Waals surface area (Å²) in [7, 11) is 0. The van der Waals surface area contributed by atoms with Gasteiger partial charge in [0.1, 0.15) is 0 Å². The summed E-state index contributed by atoms with van der Waals surface area (Å²) in [5.74, 6) is -0.191. The third kappa shape index (κ3) is 3.45. The quantitative estimate of drug-likeness (QED) is 0.839. The molecule has 1 heterocycles. The summed E-state index contributed by atoms with van der Waals surface area (Å²) in [4.78, 5) is 16.1. The van der Waals surface area contributed by atoms with Gasteiger partial charge in [-0.25, -0.2) is 4.98 Å². The zero-order valence-electron chi connectivity index (χ0n) is 12.2. The number of carbonyl (C=O) groups is 1. The fourth-order valence-electron chi connectivity index (χ4n) is 2.76. The predicted molar refractivity (Wildman–Crippen MR) is 87.6 cm³/mol. The Labute approximate surface area is 133 Å². The molecule has 1 fully saturated rings. The Morgan fingerprint density at radius 2 is 1.95 bits per heavy atom. The zero-order valence-corrected chi connectivity index (χ0v) is 13.1. The minimum atomic E-state index is -0.191. The van der Waals surface area contributed by atoms with Crippen molar-refractivity contribution in [3.8, 4) is 0 Å². The molecule has 0 spiro atoms. The van der Waals surface area contributed by atoms with E-state index in [1.165, 1.54) is 22.8 Å². The van der Waals surface area contributed by atoms with Crippen molar-refractivity contribution < 1.29 is 10.0 Å². The monoisotopic (exact) mass is 317 g/mol. The maximum Gasteiger partial charge on any atom is 0.257 e. The highest BCUT2D eigenvalue weighted by Gasteiger charge is 2.20. The molecule has 6 heteroatoms. The normalized spacial score (nSPS) is 15.5. The average molecular weight is 317 g/mol. The maximum atomic E-state index is 12.1. The van der Waals surface area contributed by atoms with Crippen molar-refractivity contribution in [2.45, 2.75) is 38.1 Å². The van der Waals surface area contributed by atoms with Crippen LogP contribution in [0.1, 0.15) is 42.5 Å². The molecule has 2 N–H and O–H groups in total. The molecule has 1 aromatic heterocycles. The van der Waals surface area contributed by atoms with Crippen molar-refractivity contribution in [1.82, 2.24) is 4.98 Å². The van der Waals surface area contributed by atoms with Crippen molar-refractivity contribution in [3.05, 3.63) is 41.4 Å². The second-order valence-corrected chi connectivity index (χ2v) is 6.37. The van der Waals surface area contributed by atoms with Crippen LogP contribution in [0.25, 0.3) is 0 Å². The van der Waals surface area contributed by atoms with Crippen LogP contribution in [0, 0.1) is 0 Å². The maximum absolute atomic E-state index is 12.1. The number of anilines is 2. The lowest BCUT2D eigenvalue weighted by molar-refractivity contribution is 0.102. The summed E-state index contributed by atoms with van der Waals surface area (Å²) in [6, 6.07) is 7.20. The van der Waals surface area contributed by atoms with E-state index in [-0.39, 0.29) is 11.9 Å².